The summed E-state index contributed by atoms with van der Waals surface area (Å²) in [5.74, 6) is 0.588. The molecule has 4 nitrogen and oxygen atoms in total. The maximum Gasteiger partial charge on any atom is 0.238 e. The van der Waals surface area contributed by atoms with Gasteiger partial charge in [0, 0.05) is 18.1 Å². The number of nitrogens with two attached hydrogens (primary N) is 1. The van der Waals surface area contributed by atoms with Gasteiger partial charge in [-0.3, -0.25) is 10.2 Å². The fourth-order valence-corrected chi connectivity index (χ4v) is 3.60. The van der Waals surface area contributed by atoms with Crippen LogP contribution in [-0.4, -0.2) is 29.0 Å². The van der Waals surface area contributed by atoms with Gasteiger partial charge >= 0.3 is 0 Å². The van der Waals surface area contributed by atoms with E-state index in [0.29, 0.717) is 18.0 Å². The van der Waals surface area contributed by atoms with E-state index in [1.165, 1.54) is 6.42 Å². The molecule has 1 saturated heterocycles. The molecule has 4 heteroatoms. The Hall–Kier alpha value is -0.610. The fourth-order valence-electron chi connectivity index (χ4n) is 3.60. The van der Waals surface area contributed by atoms with E-state index in [4.69, 9.17) is 5.73 Å². The highest BCUT2D eigenvalue weighted by atomic mass is 16.2. The van der Waals surface area contributed by atoms with Gasteiger partial charge in [-0.1, -0.05) is 19.8 Å². The van der Waals surface area contributed by atoms with Crippen LogP contribution in [0.25, 0.3) is 0 Å². The van der Waals surface area contributed by atoms with Crippen molar-refractivity contribution in [2.75, 3.05) is 0 Å². The predicted molar refractivity (Wildman–Crippen MR) is 77.2 cm³/mol. The zero-order valence-corrected chi connectivity index (χ0v) is 12.6. The summed E-state index contributed by atoms with van der Waals surface area (Å²) >= 11 is 0. The van der Waals surface area contributed by atoms with Crippen molar-refractivity contribution in [2.45, 2.75) is 77.4 Å². The predicted octanol–water partition coefficient (Wildman–Crippen LogP) is 2.04. The van der Waals surface area contributed by atoms with Crippen molar-refractivity contribution in [1.82, 2.24) is 10.4 Å². The molecule has 5 unspecified atom stereocenters. The summed E-state index contributed by atoms with van der Waals surface area (Å²) in [4.78, 5) is 12.5. The van der Waals surface area contributed by atoms with E-state index in [0.717, 1.165) is 32.1 Å². The minimum absolute atomic E-state index is 0.00919. The van der Waals surface area contributed by atoms with E-state index in [-0.39, 0.29) is 17.9 Å². The Labute approximate surface area is 117 Å². The lowest BCUT2D eigenvalue weighted by molar-refractivity contribution is -0.135. The molecule has 1 aliphatic carbocycles. The molecule has 1 amide bonds. The molecule has 0 aromatic carbocycles. The lowest BCUT2D eigenvalue weighted by Crippen LogP contribution is -2.58. The molecule has 2 fully saturated rings. The highest BCUT2D eigenvalue weighted by molar-refractivity contribution is 5.79. The molecule has 0 aromatic heterocycles. The van der Waals surface area contributed by atoms with Crippen molar-refractivity contribution in [3.63, 3.8) is 0 Å². The molecule has 1 saturated carbocycles. The molecular weight excluding hydrogens is 238 g/mol. The van der Waals surface area contributed by atoms with Crippen molar-refractivity contribution in [3.05, 3.63) is 0 Å². The number of carbonyl (C=O) groups is 1. The molecule has 1 heterocycles. The third-order valence-electron chi connectivity index (χ3n) is 5.07. The second kappa shape index (κ2) is 6.23. The summed E-state index contributed by atoms with van der Waals surface area (Å²) < 4.78 is 0. The van der Waals surface area contributed by atoms with Gasteiger partial charge in [-0.2, -0.15) is 0 Å². The first-order valence-electron chi connectivity index (χ1n) is 7.85. The van der Waals surface area contributed by atoms with Crippen LogP contribution < -0.4 is 11.2 Å². The average Bonchev–Trinajstić information content (AvgIpc) is 2.37. The lowest BCUT2D eigenvalue weighted by atomic mass is 9.78. The molecule has 5 atom stereocenters. The molecule has 110 valence electrons. The van der Waals surface area contributed by atoms with Crippen LogP contribution in [-0.2, 0) is 4.79 Å². The van der Waals surface area contributed by atoms with Gasteiger partial charge in [-0.05, 0) is 45.4 Å². The first kappa shape index (κ1) is 14.8. The van der Waals surface area contributed by atoms with E-state index in [2.05, 4.69) is 31.2 Å². The van der Waals surface area contributed by atoms with Gasteiger partial charge in [0.05, 0.1) is 5.92 Å². The Morgan fingerprint density at radius 3 is 2.26 bits per heavy atom. The van der Waals surface area contributed by atoms with Gasteiger partial charge in [0.2, 0.25) is 5.91 Å². The van der Waals surface area contributed by atoms with Crippen molar-refractivity contribution in [1.29, 1.82) is 0 Å². The Morgan fingerprint density at radius 1 is 1.05 bits per heavy atom. The van der Waals surface area contributed by atoms with Crippen LogP contribution in [0, 0.1) is 11.8 Å². The second-order valence-electron chi connectivity index (χ2n) is 6.60. The third-order valence-corrected chi connectivity index (χ3v) is 5.07. The van der Waals surface area contributed by atoms with Crippen LogP contribution in [0.5, 0.6) is 0 Å². The second-order valence-corrected chi connectivity index (χ2v) is 6.60. The molecule has 0 radical (unpaired) electrons. The quantitative estimate of drug-likeness (QED) is 0.805. The van der Waals surface area contributed by atoms with Gasteiger partial charge < -0.3 is 5.73 Å². The molecule has 0 aromatic rings. The molecule has 3 N–H and O–H groups in total. The van der Waals surface area contributed by atoms with Gasteiger partial charge in [-0.15, -0.1) is 0 Å². The van der Waals surface area contributed by atoms with Gasteiger partial charge in [-0.25, -0.2) is 5.01 Å². The van der Waals surface area contributed by atoms with Crippen LogP contribution in [0.2, 0.25) is 0 Å². The average molecular weight is 267 g/mol. The molecule has 0 spiro atoms. The third kappa shape index (κ3) is 3.29. The first-order chi connectivity index (χ1) is 9.00. The lowest BCUT2D eigenvalue weighted by Gasteiger charge is -2.41. The standard InChI is InChI=1S/C15H29N3O/c1-10-6-4-9-13(14(10)16)15(19)17-18-11(2)7-5-8-12(18)3/h10-14H,4-9,16H2,1-3H3,(H,17,19). The van der Waals surface area contributed by atoms with Gasteiger partial charge in [0.1, 0.15) is 0 Å². The monoisotopic (exact) mass is 267 g/mol. The molecular formula is C15H29N3O. The summed E-state index contributed by atoms with van der Waals surface area (Å²) in [6.07, 6.45) is 6.80. The zero-order chi connectivity index (χ0) is 14.0. The number of hydrogen-bond donors (Lipinski definition) is 2. The topological polar surface area (TPSA) is 58.4 Å². The van der Waals surface area contributed by atoms with Crippen LogP contribution in [0.4, 0.5) is 0 Å². The maximum absolute atomic E-state index is 12.5. The number of nitrogens with one attached hydrogen (secondary N) is 1. The summed E-state index contributed by atoms with van der Waals surface area (Å²) in [7, 11) is 0. The number of carbonyl (C=O) groups excluding carboxylic acids is 1. The van der Waals surface area contributed by atoms with E-state index in [9.17, 15) is 4.79 Å². The summed E-state index contributed by atoms with van der Waals surface area (Å²) in [5, 5.41) is 2.15. The van der Waals surface area contributed by atoms with Crippen LogP contribution in [0.3, 0.4) is 0 Å². The van der Waals surface area contributed by atoms with Crippen molar-refractivity contribution in [2.24, 2.45) is 17.6 Å². The van der Waals surface area contributed by atoms with E-state index in [1.807, 2.05) is 0 Å². The fraction of sp³-hybridized carbons (Fsp3) is 0.933. The van der Waals surface area contributed by atoms with E-state index in [1.54, 1.807) is 0 Å². The molecule has 0 bridgehead atoms. The highest BCUT2D eigenvalue weighted by Gasteiger charge is 2.35. The number of hydrogen-bond acceptors (Lipinski definition) is 3. The van der Waals surface area contributed by atoms with E-state index >= 15 is 0 Å². The number of nitrogens with zero attached hydrogens (tertiary/aromatic N) is 1. The number of rotatable bonds is 2. The Morgan fingerprint density at radius 2 is 1.63 bits per heavy atom. The SMILES string of the molecule is CC1CCCC(C(=O)NN2C(C)CCCC2C)C1N. The minimum atomic E-state index is -0.00919. The van der Waals surface area contributed by atoms with Gasteiger partial charge in [0.25, 0.3) is 0 Å². The van der Waals surface area contributed by atoms with Crippen molar-refractivity contribution < 1.29 is 4.79 Å². The molecule has 19 heavy (non-hydrogen) atoms. The Kier molecular flexibility index (Phi) is 4.85. The summed E-state index contributed by atoms with van der Waals surface area (Å²) in [6.45, 7) is 6.55. The minimum Gasteiger partial charge on any atom is -0.327 e. The first-order valence-corrected chi connectivity index (χ1v) is 7.85. The zero-order valence-electron chi connectivity index (χ0n) is 12.6. The van der Waals surface area contributed by atoms with Crippen molar-refractivity contribution in [3.8, 4) is 0 Å². The number of piperidine rings is 1. The highest BCUT2D eigenvalue weighted by Crippen LogP contribution is 2.28. The van der Waals surface area contributed by atoms with Crippen LogP contribution in [0.1, 0.15) is 59.3 Å². The largest absolute Gasteiger partial charge is 0.327 e. The van der Waals surface area contributed by atoms with Gasteiger partial charge in [0.15, 0.2) is 0 Å². The number of hydrazine groups is 1. The Bertz CT molecular complexity index is 311. The summed E-state index contributed by atoms with van der Waals surface area (Å²) in [6, 6.07) is 0.888. The maximum atomic E-state index is 12.5. The smallest absolute Gasteiger partial charge is 0.238 e. The molecule has 2 aliphatic rings. The normalized spacial score (nSPS) is 40.9. The van der Waals surface area contributed by atoms with Crippen LogP contribution >= 0.6 is 0 Å². The van der Waals surface area contributed by atoms with Crippen LogP contribution in [0.15, 0.2) is 0 Å². The van der Waals surface area contributed by atoms with Crippen molar-refractivity contribution >= 4 is 5.91 Å². The Balaban J connectivity index is 1.96. The summed E-state index contributed by atoms with van der Waals surface area (Å²) in [5.41, 5.74) is 9.37. The number of amides is 1. The molecule has 2 rings (SSSR count). The molecule has 1 aliphatic heterocycles. The van der Waals surface area contributed by atoms with E-state index < -0.39 is 0 Å².